The van der Waals surface area contributed by atoms with E-state index < -0.39 is 29.1 Å². The lowest BCUT2D eigenvalue weighted by Gasteiger charge is -2.34. The Kier molecular flexibility index (Phi) is 8.00. The lowest BCUT2D eigenvalue weighted by Crippen LogP contribution is -2.40. The molecule has 9 heteroatoms. The number of benzene rings is 5. The summed E-state index contributed by atoms with van der Waals surface area (Å²) in [6.07, 6.45) is 0. The number of phenols is 1. The van der Waals surface area contributed by atoms with Crippen LogP contribution in [0.3, 0.4) is 0 Å². The Balaban J connectivity index is 0.000000223. The molecule has 0 radical (unpaired) electrons. The average molecular weight is 645 g/mol. The smallest absolute Gasteiger partial charge is 0.345 e. The van der Waals surface area contributed by atoms with Gasteiger partial charge in [-0.2, -0.15) is 0 Å². The topological polar surface area (TPSA) is 125 Å². The second-order valence-electron chi connectivity index (χ2n) is 11.9. The van der Waals surface area contributed by atoms with E-state index in [2.05, 4.69) is 0 Å². The predicted octanol–water partition coefficient (Wildman–Crippen LogP) is 7.16. The van der Waals surface area contributed by atoms with Crippen molar-refractivity contribution in [3.05, 3.63) is 129 Å². The Morgan fingerprint density at radius 3 is 2.10 bits per heavy atom. The van der Waals surface area contributed by atoms with E-state index in [0.29, 0.717) is 27.8 Å². The molecule has 1 N–H and O–H groups in total. The fraction of sp³-hybridized carbons (Fsp3) is 0.179. The number of fused-ring (bicyclic) bond motifs is 4. The number of rotatable bonds is 4. The van der Waals surface area contributed by atoms with Crippen molar-refractivity contribution in [1.29, 1.82) is 0 Å². The summed E-state index contributed by atoms with van der Waals surface area (Å²) >= 11 is 0. The molecular weight excluding hydrogens is 612 g/mol. The van der Waals surface area contributed by atoms with E-state index in [-0.39, 0.29) is 44.9 Å². The average Bonchev–Trinajstić information content (AvgIpc) is 3.06. The molecule has 1 aliphatic carbocycles. The van der Waals surface area contributed by atoms with Gasteiger partial charge in [-0.1, -0.05) is 54.6 Å². The van der Waals surface area contributed by atoms with E-state index >= 15 is 0 Å². The van der Waals surface area contributed by atoms with E-state index in [1.165, 1.54) is 6.07 Å². The molecule has 9 nitrogen and oxygen atoms in total. The highest BCUT2D eigenvalue weighted by Crippen LogP contribution is 2.42. The van der Waals surface area contributed by atoms with Gasteiger partial charge in [-0.05, 0) is 49.2 Å². The molecule has 5 aromatic carbocycles. The number of ether oxygens (including phenoxy) is 4. The van der Waals surface area contributed by atoms with Gasteiger partial charge in [0.25, 0.3) is 0 Å². The highest BCUT2D eigenvalue weighted by Gasteiger charge is 2.43. The van der Waals surface area contributed by atoms with Gasteiger partial charge in [-0.3, -0.25) is 14.4 Å². The summed E-state index contributed by atoms with van der Waals surface area (Å²) in [6, 6.07) is 22.2. The molecular formula is C39H32O9. The first-order valence-corrected chi connectivity index (χ1v) is 15.1. The third-order valence-electron chi connectivity index (χ3n) is 8.40. The van der Waals surface area contributed by atoms with Crippen LogP contribution in [0.1, 0.15) is 83.1 Å². The highest BCUT2D eigenvalue weighted by molar-refractivity contribution is 6.34. The number of aromatic hydroxyl groups is 1. The largest absolute Gasteiger partial charge is 0.507 e. The monoisotopic (exact) mass is 644 g/mol. The minimum Gasteiger partial charge on any atom is -0.507 e. The molecule has 48 heavy (non-hydrogen) atoms. The predicted molar refractivity (Wildman–Crippen MR) is 178 cm³/mol. The van der Waals surface area contributed by atoms with Crippen molar-refractivity contribution in [2.75, 3.05) is 14.2 Å². The molecule has 0 aromatic heterocycles. The van der Waals surface area contributed by atoms with Crippen LogP contribution in [-0.4, -0.2) is 48.4 Å². The summed E-state index contributed by atoms with van der Waals surface area (Å²) in [5.41, 5.74) is 1.76. The van der Waals surface area contributed by atoms with Gasteiger partial charge in [0, 0.05) is 47.1 Å². The lowest BCUT2D eigenvalue weighted by atomic mass is 9.77. The molecule has 5 aromatic rings. The number of phenolic OH excluding ortho intramolecular Hbond substituents is 1. The summed E-state index contributed by atoms with van der Waals surface area (Å²) in [7, 11) is 3.18. The highest BCUT2D eigenvalue weighted by atomic mass is 16.7. The molecule has 0 saturated carbocycles. The van der Waals surface area contributed by atoms with Gasteiger partial charge >= 0.3 is 5.97 Å². The molecule has 1 heterocycles. The number of hydrogen-bond acceptors (Lipinski definition) is 9. The minimum absolute atomic E-state index is 0.0410. The maximum absolute atomic E-state index is 13.8. The fourth-order valence-electron chi connectivity index (χ4n) is 6.21. The number of carbonyl (C=O) groups is 4. The molecule has 0 unspecified atom stereocenters. The molecule has 2 aliphatic rings. The molecule has 1 aliphatic heterocycles. The van der Waals surface area contributed by atoms with Crippen molar-refractivity contribution in [2.24, 2.45) is 0 Å². The first-order valence-electron chi connectivity index (χ1n) is 15.1. The number of cyclic esters (lactones) is 1. The van der Waals surface area contributed by atoms with Crippen LogP contribution in [0, 0.1) is 13.8 Å². The molecule has 0 atom stereocenters. The van der Waals surface area contributed by atoms with Crippen molar-refractivity contribution in [2.45, 2.75) is 33.5 Å². The van der Waals surface area contributed by atoms with Crippen molar-refractivity contribution in [3.63, 3.8) is 0 Å². The quantitative estimate of drug-likeness (QED) is 0.157. The molecule has 0 bridgehead atoms. The van der Waals surface area contributed by atoms with Crippen LogP contribution in [0.25, 0.3) is 10.8 Å². The maximum Gasteiger partial charge on any atom is 0.345 e. The van der Waals surface area contributed by atoms with Gasteiger partial charge in [0.15, 0.2) is 17.3 Å². The second-order valence-corrected chi connectivity index (χ2v) is 11.9. The van der Waals surface area contributed by atoms with Gasteiger partial charge < -0.3 is 24.1 Å². The van der Waals surface area contributed by atoms with Crippen molar-refractivity contribution in [3.8, 4) is 23.0 Å². The van der Waals surface area contributed by atoms with Crippen LogP contribution in [-0.2, 0) is 4.74 Å². The Bertz CT molecular complexity index is 2190. The summed E-state index contributed by atoms with van der Waals surface area (Å²) in [4.78, 5) is 54.1. The number of esters is 1. The summed E-state index contributed by atoms with van der Waals surface area (Å²) in [5, 5.41) is 11.3. The van der Waals surface area contributed by atoms with Gasteiger partial charge in [-0.25, -0.2) is 4.79 Å². The maximum atomic E-state index is 13.8. The number of carbonyl (C=O) groups excluding carboxylic acids is 4. The van der Waals surface area contributed by atoms with Crippen molar-refractivity contribution in [1.82, 2.24) is 0 Å². The zero-order valence-electron chi connectivity index (χ0n) is 27.2. The second kappa shape index (κ2) is 12.0. The molecule has 0 saturated heterocycles. The van der Waals surface area contributed by atoms with Crippen LogP contribution in [0.2, 0.25) is 0 Å². The van der Waals surface area contributed by atoms with Crippen LogP contribution < -0.4 is 14.2 Å². The molecule has 0 amide bonds. The van der Waals surface area contributed by atoms with E-state index in [0.717, 1.165) is 11.1 Å². The number of methoxy groups -OCH3 is 2. The standard InChI is InChI=1S/C27H20O6.C12H12O3/c1-13-8-5-6-10-15(13)24(29)22-20-17(12-18-21(22)26(31)33-27(3,4)32-18)23(28)16-11-7-9-14(2)19(16)25(20)30;1-14-10-7-6-9(13)12-8(10)4-3-5-11(12)15-2/h5-12H,1-4H3;3-7,13H,1-2H3. The first-order chi connectivity index (χ1) is 22.9. The lowest BCUT2D eigenvalue weighted by molar-refractivity contribution is -0.127. The molecule has 0 spiro atoms. The van der Waals surface area contributed by atoms with Crippen molar-refractivity contribution < 1.29 is 43.2 Å². The molecule has 242 valence electrons. The number of aryl methyl sites for hydroxylation is 2. The zero-order valence-corrected chi connectivity index (χ0v) is 27.2. The summed E-state index contributed by atoms with van der Waals surface area (Å²) in [6.45, 7) is 6.61. The van der Waals surface area contributed by atoms with Crippen LogP contribution in [0.5, 0.6) is 23.0 Å². The van der Waals surface area contributed by atoms with Crippen LogP contribution >= 0.6 is 0 Å². The van der Waals surface area contributed by atoms with Crippen LogP contribution in [0.4, 0.5) is 0 Å². The van der Waals surface area contributed by atoms with Gasteiger partial charge in [0.1, 0.15) is 28.6 Å². The fourth-order valence-corrected chi connectivity index (χ4v) is 6.21. The van der Waals surface area contributed by atoms with Crippen LogP contribution in [0.15, 0.2) is 78.9 Å². The van der Waals surface area contributed by atoms with E-state index in [4.69, 9.17) is 18.9 Å². The Labute approximate surface area is 276 Å². The first kappa shape index (κ1) is 32.0. The van der Waals surface area contributed by atoms with E-state index in [1.54, 1.807) is 96.5 Å². The van der Waals surface area contributed by atoms with Crippen molar-refractivity contribution >= 4 is 34.1 Å². The number of ketones is 3. The summed E-state index contributed by atoms with van der Waals surface area (Å²) < 4.78 is 21.7. The Morgan fingerprint density at radius 2 is 1.40 bits per heavy atom. The van der Waals surface area contributed by atoms with Gasteiger partial charge in [0.05, 0.1) is 25.2 Å². The van der Waals surface area contributed by atoms with E-state index in [1.807, 2.05) is 18.2 Å². The number of hydrogen-bond donors (Lipinski definition) is 1. The summed E-state index contributed by atoms with van der Waals surface area (Å²) in [5.74, 6) is -1.88. The third kappa shape index (κ3) is 5.23. The Morgan fingerprint density at radius 1 is 0.708 bits per heavy atom. The van der Waals surface area contributed by atoms with E-state index in [9.17, 15) is 24.3 Å². The Hall–Kier alpha value is -5.96. The SMILES string of the molecule is COc1ccc(O)c2c(OC)cccc12.Cc1ccccc1C(=O)c1c2c(cc3c1C(=O)c1c(C)cccc1C3=O)OC(C)(C)OC2=O. The third-order valence-corrected chi connectivity index (χ3v) is 8.40. The minimum atomic E-state index is -1.29. The normalized spacial score (nSPS) is 14.0. The van der Waals surface area contributed by atoms with Gasteiger partial charge in [0.2, 0.25) is 5.79 Å². The van der Waals surface area contributed by atoms with Gasteiger partial charge in [-0.15, -0.1) is 0 Å². The molecule has 7 rings (SSSR count). The zero-order chi connectivity index (χ0) is 34.5. The molecule has 0 fully saturated rings.